The number of hydrogen-bond donors (Lipinski definition) is 0. The Morgan fingerprint density at radius 3 is 2.67 bits per heavy atom. The van der Waals surface area contributed by atoms with Gasteiger partial charge in [0.15, 0.2) is 0 Å². The van der Waals surface area contributed by atoms with Crippen molar-refractivity contribution in [1.82, 2.24) is 19.6 Å². The number of nitrogens with zero attached hydrogens (tertiary/aromatic N) is 4. The molecule has 1 aromatic carbocycles. The third-order valence-corrected chi connectivity index (χ3v) is 5.74. The van der Waals surface area contributed by atoms with Gasteiger partial charge < -0.3 is 14.5 Å². The molecule has 2 aromatic rings. The largest absolute Gasteiger partial charge is 0.497 e. The highest BCUT2D eigenvalue weighted by molar-refractivity contribution is 5.94. The Morgan fingerprint density at radius 1 is 1.15 bits per heavy atom. The molecule has 1 atom stereocenters. The van der Waals surface area contributed by atoms with Crippen LogP contribution < -0.4 is 4.74 Å². The van der Waals surface area contributed by atoms with Crippen LogP contribution in [0.5, 0.6) is 5.75 Å². The molecular weight excluding hydrogens is 340 g/mol. The normalized spacial score (nSPS) is 20.3. The highest BCUT2D eigenvalue weighted by Gasteiger charge is 2.27. The van der Waals surface area contributed by atoms with Crippen LogP contribution in [0.4, 0.5) is 0 Å². The Balaban J connectivity index is 1.49. The molecule has 1 aromatic heterocycles. The molecular formula is C21H28N4O2. The fourth-order valence-corrected chi connectivity index (χ4v) is 4.16. The first kappa shape index (κ1) is 18.0. The molecule has 1 saturated heterocycles. The average Bonchev–Trinajstić information content (AvgIpc) is 3.34. The summed E-state index contributed by atoms with van der Waals surface area (Å²) >= 11 is 0. The number of aromatic nitrogens is 2. The molecule has 0 unspecified atom stereocenters. The predicted octanol–water partition coefficient (Wildman–Crippen LogP) is 2.65. The number of rotatable bonds is 5. The van der Waals surface area contributed by atoms with Gasteiger partial charge in [-0.25, -0.2) is 0 Å². The molecule has 0 saturated carbocycles. The lowest BCUT2D eigenvalue weighted by Gasteiger charge is -2.25. The lowest BCUT2D eigenvalue weighted by Crippen LogP contribution is -2.35. The second-order valence-electron chi connectivity index (χ2n) is 7.62. The van der Waals surface area contributed by atoms with E-state index in [0.717, 1.165) is 37.5 Å². The van der Waals surface area contributed by atoms with Crippen molar-refractivity contribution in [3.8, 4) is 5.75 Å². The first-order chi connectivity index (χ1) is 13.2. The molecule has 0 aliphatic carbocycles. The van der Waals surface area contributed by atoms with Gasteiger partial charge in [-0.05, 0) is 75.1 Å². The van der Waals surface area contributed by atoms with Crippen molar-refractivity contribution >= 4 is 5.91 Å². The van der Waals surface area contributed by atoms with Gasteiger partial charge in [0, 0.05) is 24.8 Å². The first-order valence-corrected chi connectivity index (χ1v) is 9.89. The van der Waals surface area contributed by atoms with Crippen LogP contribution in [0.1, 0.15) is 35.3 Å². The minimum atomic E-state index is 0.0819. The highest BCUT2D eigenvalue weighted by atomic mass is 16.5. The van der Waals surface area contributed by atoms with E-state index in [-0.39, 0.29) is 5.91 Å². The zero-order valence-corrected chi connectivity index (χ0v) is 16.0. The van der Waals surface area contributed by atoms with E-state index in [1.807, 2.05) is 41.4 Å². The quantitative estimate of drug-likeness (QED) is 0.814. The smallest absolute Gasteiger partial charge is 0.254 e. The van der Waals surface area contributed by atoms with Crippen LogP contribution in [0.25, 0.3) is 0 Å². The van der Waals surface area contributed by atoms with Gasteiger partial charge in [0.1, 0.15) is 5.75 Å². The maximum Gasteiger partial charge on any atom is 0.254 e. The van der Waals surface area contributed by atoms with Crippen LogP contribution in [0, 0.1) is 5.92 Å². The summed E-state index contributed by atoms with van der Waals surface area (Å²) in [6.07, 6.45) is 5.58. The number of methoxy groups -OCH3 is 1. The summed E-state index contributed by atoms with van der Waals surface area (Å²) in [5.74, 6) is 1.27. The number of carbonyl (C=O) groups excluding carboxylic acids is 1. The Morgan fingerprint density at radius 2 is 1.93 bits per heavy atom. The zero-order chi connectivity index (χ0) is 18.6. The zero-order valence-electron chi connectivity index (χ0n) is 16.0. The topological polar surface area (TPSA) is 50.6 Å². The summed E-state index contributed by atoms with van der Waals surface area (Å²) in [7, 11) is 1.64. The maximum absolute atomic E-state index is 13.1. The standard InChI is InChI=1S/C21H28N4O2/c1-27-20-6-4-18(5-7-20)21(26)24-14-17(9-13-23-11-2-3-12-23)15-25-19(16-24)8-10-22-25/h4-8,10,17H,2-3,9,11-16H2,1H3/t17-/m1/s1. The molecule has 27 heavy (non-hydrogen) atoms. The second-order valence-corrected chi connectivity index (χ2v) is 7.62. The van der Waals surface area contributed by atoms with Crippen molar-refractivity contribution in [3.05, 3.63) is 47.8 Å². The molecule has 3 heterocycles. The van der Waals surface area contributed by atoms with E-state index < -0.39 is 0 Å². The van der Waals surface area contributed by atoms with Gasteiger partial charge in [-0.1, -0.05) is 0 Å². The van der Waals surface area contributed by atoms with Crippen LogP contribution in [0.15, 0.2) is 36.5 Å². The number of hydrogen-bond acceptors (Lipinski definition) is 4. The van der Waals surface area contributed by atoms with E-state index in [2.05, 4.69) is 14.7 Å². The van der Waals surface area contributed by atoms with Gasteiger partial charge in [-0.15, -0.1) is 0 Å². The second kappa shape index (κ2) is 8.13. The van der Waals surface area contributed by atoms with Crippen LogP contribution in [-0.4, -0.2) is 58.8 Å². The van der Waals surface area contributed by atoms with Crippen molar-refractivity contribution in [2.75, 3.05) is 33.3 Å². The third kappa shape index (κ3) is 4.16. The monoisotopic (exact) mass is 368 g/mol. The molecule has 2 aliphatic heterocycles. The average molecular weight is 368 g/mol. The van der Waals surface area contributed by atoms with Crippen molar-refractivity contribution in [2.45, 2.75) is 32.4 Å². The summed E-state index contributed by atoms with van der Waals surface area (Å²) in [5.41, 5.74) is 1.82. The fraction of sp³-hybridized carbons (Fsp3) is 0.524. The maximum atomic E-state index is 13.1. The summed E-state index contributed by atoms with van der Waals surface area (Å²) in [6, 6.07) is 9.42. The Kier molecular flexibility index (Phi) is 5.43. The summed E-state index contributed by atoms with van der Waals surface area (Å²) in [5, 5.41) is 4.48. The van der Waals surface area contributed by atoms with Crippen molar-refractivity contribution in [2.24, 2.45) is 5.92 Å². The van der Waals surface area contributed by atoms with Crippen LogP contribution >= 0.6 is 0 Å². The van der Waals surface area contributed by atoms with Gasteiger partial charge in [0.25, 0.3) is 5.91 Å². The lowest BCUT2D eigenvalue weighted by atomic mass is 10.0. The molecule has 0 spiro atoms. The molecule has 6 heteroatoms. The Bertz CT molecular complexity index is 765. The molecule has 0 N–H and O–H groups in total. The van der Waals surface area contributed by atoms with Crippen LogP contribution in [0.2, 0.25) is 0 Å². The fourth-order valence-electron chi connectivity index (χ4n) is 4.16. The van der Waals surface area contributed by atoms with E-state index in [4.69, 9.17) is 4.74 Å². The molecule has 1 amide bonds. The van der Waals surface area contributed by atoms with E-state index in [0.29, 0.717) is 18.0 Å². The number of ether oxygens (including phenoxy) is 1. The molecule has 6 nitrogen and oxygen atoms in total. The van der Waals surface area contributed by atoms with Crippen molar-refractivity contribution < 1.29 is 9.53 Å². The minimum absolute atomic E-state index is 0.0819. The first-order valence-electron chi connectivity index (χ1n) is 9.89. The highest BCUT2D eigenvalue weighted by Crippen LogP contribution is 2.22. The van der Waals surface area contributed by atoms with Crippen LogP contribution in [-0.2, 0) is 13.1 Å². The molecule has 1 fully saturated rings. The van der Waals surface area contributed by atoms with E-state index >= 15 is 0 Å². The Hall–Kier alpha value is -2.34. The number of likely N-dealkylation sites (tertiary alicyclic amines) is 1. The molecule has 2 aliphatic rings. The molecule has 4 rings (SSSR count). The van der Waals surface area contributed by atoms with E-state index in [1.165, 1.54) is 25.9 Å². The van der Waals surface area contributed by atoms with Gasteiger partial charge in [0.2, 0.25) is 0 Å². The third-order valence-electron chi connectivity index (χ3n) is 5.74. The summed E-state index contributed by atoms with van der Waals surface area (Å²) < 4.78 is 7.29. The van der Waals surface area contributed by atoms with Crippen LogP contribution in [0.3, 0.4) is 0 Å². The lowest BCUT2D eigenvalue weighted by molar-refractivity contribution is 0.0715. The van der Waals surface area contributed by atoms with Gasteiger partial charge in [-0.2, -0.15) is 5.10 Å². The van der Waals surface area contributed by atoms with Gasteiger partial charge in [0.05, 0.1) is 19.3 Å². The van der Waals surface area contributed by atoms with E-state index in [1.54, 1.807) is 7.11 Å². The number of benzene rings is 1. The Labute approximate surface area is 160 Å². The van der Waals surface area contributed by atoms with E-state index in [9.17, 15) is 4.79 Å². The SMILES string of the molecule is COc1ccc(C(=O)N2Cc3ccnn3C[C@H](CCN3CCCC3)C2)cc1. The summed E-state index contributed by atoms with van der Waals surface area (Å²) in [6.45, 7) is 5.84. The summed E-state index contributed by atoms with van der Waals surface area (Å²) in [4.78, 5) is 17.7. The molecule has 0 bridgehead atoms. The van der Waals surface area contributed by atoms with Crippen molar-refractivity contribution in [3.63, 3.8) is 0 Å². The van der Waals surface area contributed by atoms with Crippen molar-refractivity contribution in [1.29, 1.82) is 0 Å². The number of amides is 1. The number of fused-ring (bicyclic) bond motifs is 1. The van der Waals surface area contributed by atoms with Gasteiger partial charge >= 0.3 is 0 Å². The number of carbonyl (C=O) groups is 1. The molecule has 144 valence electrons. The molecule has 0 radical (unpaired) electrons. The van der Waals surface area contributed by atoms with Gasteiger partial charge in [-0.3, -0.25) is 9.48 Å². The predicted molar refractivity (Wildman–Crippen MR) is 104 cm³/mol. The minimum Gasteiger partial charge on any atom is -0.497 e.